The maximum Gasteiger partial charge on any atom is 0.263 e. The van der Waals surface area contributed by atoms with Crippen molar-refractivity contribution in [2.24, 2.45) is 4.99 Å². The van der Waals surface area contributed by atoms with Crippen LogP contribution in [0.1, 0.15) is 16.7 Å². The largest absolute Gasteiger partial charge is 0.867 e. The molecule has 0 aliphatic heterocycles. The molecule has 0 spiro atoms. The Morgan fingerprint density at radius 1 is 1.29 bits per heavy atom. The van der Waals surface area contributed by atoms with E-state index >= 15 is 0 Å². The van der Waals surface area contributed by atoms with E-state index in [-0.39, 0.29) is 5.56 Å². The topological polar surface area (TPSA) is 78.6 Å². The number of aliphatic imine (C=N–C) groups is 1. The van der Waals surface area contributed by atoms with E-state index in [2.05, 4.69) is 20.9 Å². The summed E-state index contributed by atoms with van der Waals surface area (Å²) in [6, 6.07) is 8.38. The van der Waals surface area contributed by atoms with Crippen LogP contribution in [0.4, 0.5) is 11.4 Å². The van der Waals surface area contributed by atoms with Gasteiger partial charge in [-0.05, 0) is 48.4 Å². The second kappa shape index (κ2) is 6.05. The molecule has 5 nitrogen and oxygen atoms in total. The molecule has 0 aliphatic rings. The summed E-state index contributed by atoms with van der Waals surface area (Å²) >= 11 is 3.16. The Morgan fingerprint density at radius 2 is 2.00 bits per heavy atom. The Morgan fingerprint density at radius 3 is 2.67 bits per heavy atom. The van der Waals surface area contributed by atoms with Gasteiger partial charge in [-0.15, -0.1) is 0 Å². The molecule has 2 rings (SSSR count). The van der Waals surface area contributed by atoms with E-state index in [0.29, 0.717) is 4.47 Å². The molecule has 0 saturated heterocycles. The monoisotopic (exact) mass is 347 g/mol. The van der Waals surface area contributed by atoms with Crippen molar-refractivity contribution in [2.75, 3.05) is 0 Å². The van der Waals surface area contributed by atoms with Gasteiger partial charge in [0.1, 0.15) is 0 Å². The number of halogens is 1. The van der Waals surface area contributed by atoms with Crippen molar-refractivity contribution in [1.29, 1.82) is 0 Å². The van der Waals surface area contributed by atoms with E-state index < -0.39 is 16.4 Å². The third-order valence-electron chi connectivity index (χ3n) is 3.18. The maximum atomic E-state index is 12.0. The zero-order chi connectivity index (χ0) is 15.6. The lowest BCUT2D eigenvalue weighted by Gasteiger charge is -2.11. The molecular weight excluding hydrogens is 336 g/mol. The van der Waals surface area contributed by atoms with Crippen molar-refractivity contribution in [3.8, 4) is 5.75 Å². The lowest BCUT2D eigenvalue weighted by Crippen LogP contribution is -2.02. The van der Waals surface area contributed by atoms with Gasteiger partial charge in [0.15, 0.2) is 0 Å². The van der Waals surface area contributed by atoms with Crippen molar-refractivity contribution in [1.82, 2.24) is 0 Å². The molecule has 0 atom stereocenters. The van der Waals surface area contributed by atoms with Gasteiger partial charge >= 0.3 is 0 Å². The highest BCUT2D eigenvalue weighted by atomic mass is 79.9. The quantitative estimate of drug-likeness (QED) is 0.481. The maximum absolute atomic E-state index is 12.0. The predicted molar refractivity (Wildman–Crippen MR) is 83.4 cm³/mol. The van der Waals surface area contributed by atoms with Gasteiger partial charge in [0.25, 0.3) is 5.69 Å². The highest BCUT2D eigenvalue weighted by Gasteiger charge is 2.11. The van der Waals surface area contributed by atoms with Gasteiger partial charge in [-0.3, -0.25) is 15.1 Å². The first-order valence-corrected chi connectivity index (χ1v) is 6.94. The third kappa shape index (κ3) is 3.28. The molecule has 21 heavy (non-hydrogen) atoms. The van der Waals surface area contributed by atoms with Crippen molar-refractivity contribution >= 4 is 33.5 Å². The first-order chi connectivity index (χ1) is 9.90. The van der Waals surface area contributed by atoms with Crippen molar-refractivity contribution in [3.05, 3.63) is 61.6 Å². The van der Waals surface area contributed by atoms with Gasteiger partial charge in [0.05, 0.1) is 10.6 Å². The Labute approximate surface area is 130 Å². The number of nitrogens with zero attached hydrogens (tertiary/aromatic N) is 2. The standard InChI is InChI=1S/C15H13BrN2O3/c1-9-4-3-5-13(10(9)2)17-8-11-6-12(16)7-14(15(11)19)18(20)21/h3-8,19H,1-2H3/p-1. The number of aryl methyl sites for hydroxylation is 1. The molecule has 0 N–H and O–H groups in total. The lowest BCUT2D eigenvalue weighted by molar-refractivity contribution is -0.398. The molecule has 0 fully saturated rings. The summed E-state index contributed by atoms with van der Waals surface area (Å²) in [4.78, 5) is 14.4. The number of rotatable bonds is 3. The first-order valence-electron chi connectivity index (χ1n) is 6.15. The van der Waals surface area contributed by atoms with Crippen molar-refractivity contribution in [2.45, 2.75) is 13.8 Å². The van der Waals surface area contributed by atoms with Crippen LogP contribution in [0.5, 0.6) is 5.75 Å². The lowest BCUT2D eigenvalue weighted by atomic mass is 10.1. The van der Waals surface area contributed by atoms with Crippen LogP contribution in [0, 0.1) is 24.0 Å². The van der Waals surface area contributed by atoms with Crippen molar-refractivity contribution < 1.29 is 10.0 Å². The summed E-state index contributed by atoms with van der Waals surface area (Å²) in [5.74, 6) is -0.641. The molecule has 2 aromatic rings. The van der Waals surface area contributed by atoms with Crippen molar-refractivity contribution in [3.63, 3.8) is 0 Å². The SMILES string of the molecule is Cc1cccc(N=Cc2cc(Br)cc([N+](=O)[O-])c2[O-])c1C. The number of benzene rings is 2. The molecule has 0 amide bonds. The third-order valence-corrected chi connectivity index (χ3v) is 3.64. The molecule has 0 heterocycles. The number of hydrogen-bond donors (Lipinski definition) is 0. The Balaban J connectivity index is 2.46. The minimum atomic E-state index is -0.692. The van der Waals surface area contributed by atoms with E-state index in [1.54, 1.807) is 0 Å². The molecule has 0 saturated carbocycles. The normalized spacial score (nSPS) is 11.0. The molecule has 0 bridgehead atoms. The zero-order valence-electron chi connectivity index (χ0n) is 11.5. The smallest absolute Gasteiger partial charge is 0.263 e. The molecule has 0 radical (unpaired) electrons. The zero-order valence-corrected chi connectivity index (χ0v) is 13.0. The van der Waals surface area contributed by atoms with E-state index in [0.717, 1.165) is 16.8 Å². The summed E-state index contributed by atoms with van der Waals surface area (Å²) in [6.45, 7) is 3.90. The Bertz CT molecular complexity index is 742. The van der Waals surface area contributed by atoms with Gasteiger partial charge in [-0.2, -0.15) is 0 Å². The second-order valence-electron chi connectivity index (χ2n) is 4.58. The van der Waals surface area contributed by atoms with Crippen LogP contribution in [0.15, 0.2) is 39.8 Å². The molecule has 2 aromatic carbocycles. The van der Waals surface area contributed by atoms with E-state index in [1.807, 2.05) is 32.0 Å². The summed E-state index contributed by atoms with van der Waals surface area (Å²) in [5.41, 5.74) is 2.54. The van der Waals surface area contributed by atoms with Crippen LogP contribution in [-0.4, -0.2) is 11.1 Å². The van der Waals surface area contributed by atoms with Gasteiger partial charge in [-0.1, -0.05) is 28.1 Å². The van der Waals surface area contributed by atoms with Gasteiger partial charge in [0, 0.05) is 16.8 Å². The van der Waals surface area contributed by atoms with E-state index in [9.17, 15) is 15.2 Å². The van der Waals surface area contributed by atoms with Gasteiger partial charge < -0.3 is 5.11 Å². The van der Waals surface area contributed by atoms with Gasteiger partial charge in [0.2, 0.25) is 0 Å². The van der Waals surface area contributed by atoms with E-state index in [4.69, 9.17) is 0 Å². The molecule has 0 aromatic heterocycles. The highest BCUT2D eigenvalue weighted by molar-refractivity contribution is 9.10. The number of hydrogen-bond acceptors (Lipinski definition) is 4. The fourth-order valence-electron chi connectivity index (χ4n) is 1.85. The molecule has 108 valence electrons. The highest BCUT2D eigenvalue weighted by Crippen LogP contribution is 2.31. The minimum absolute atomic E-state index is 0.178. The predicted octanol–water partition coefficient (Wildman–Crippen LogP) is 3.80. The van der Waals surface area contributed by atoms with Crippen LogP contribution in [0.25, 0.3) is 0 Å². The molecule has 0 aliphatic carbocycles. The fraction of sp³-hybridized carbons (Fsp3) is 0.133. The van der Waals surface area contributed by atoms with Crippen LogP contribution in [-0.2, 0) is 0 Å². The van der Waals surface area contributed by atoms with Gasteiger partial charge in [-0.25, -0.2) is 0 Å². The number of nitro groups is 1. The van der Waals surface area contributed by atoms with Crippen LogP contribution < -0.4 is 5.11 Å². The minimum Gasteiger partial charge on any atom is -0.867 e. The van der Waals surface area contributed by atoms with E-state index in [1.165, 1.54) is 18.3 Å². The summed E-state index contributed by atoms with van der Waals surface area (Å²) in [6.07, 6.45) is 1.36. The molecule has 6 heteroatoms. The Hall–Kier alpha value is -2.21. The average Bonchev–Trinajstić information content (AvgIpc) is 2.43. The fourth-order valence-corrected chi connectivity index (χ4v) is 2.31. The summed E-state index contributed by atoms with van der Waals surface area (Å²) in [5, 5.41) is 22.8. The summed E-state index contributed by atoms with van der Waals surface area (Å²) in [7, 11) is 0. The van der Waals surface area contributed by atoms with Crippen LogP contribution >= 0.6 is 15.9 Å². The molecular formula is C15H12BrN2O3-. The average molecular weight is 348 g/mol. The molecule has 0 unspecified atom stereocenters. The second-order valence-corrected chi connectivity index (χ2v) is 5.49. The Kier molecular flexibility index (Phi) is 4.37. The number of nitro benzene ring substituents is 1. The first kappa shape index (κ1) is 15.2. The van der Waals surface area contributed by atoms with Crippen LogP contribution in [0.2, 0.25) is 0 Å². The summed E-state index contributed by atoms with van der Waals surface area (Å²) < 4.78 is 0.469. The van der Waals surface area contributed by atoms with Crippen LogP contribution in [0.3, 0.4) is 0 Å².